The Balaban J connectivity index is 2.89. The van der Waals surface area contributed by atoms with Gasteiger partial charge in [-0.25, -0.2) is 9.80 Å². The number of carboxylic acid groups (broad SMARTS) is 1. The Hall–Kier alpha value is -1.39. The summed E-state index contributed by atoms with van der Waals surface area (Å²) in [5.41, 5.74) is -0.191. The molecule has 0 aliphatic carbocycles. The van der Waals surface area contributed by atoms with E-state index in [-0.39, 0.29) is 29.5 Å². The van der Waals surface area contributed by atoms with Crippen LogP contribution in [0, 0.1) is 5.41 Å². The van der Waals surface area contributed by atoms with Gasteiger partial charge in [-0.15, -0.1) is 0 Å². The summed E-state index contributed by atoms with van der Waals surface area (Å²) in [5, 5.41) is 13.8. The number of aliphatic carboxylic acids is 1. The number of hydrogen-bond acceptors (Lipinski definition) is 3. The highest BCUT2D eigenvalue weighted by atomic mass is 16.4. The minimum atomic E-state index is -1.12. The lowest BCUT2D eigenvalue weighted by Crippen LogP contribution is -2.40. The summed E-state index contributed by atoms with van der Waals surface area (Å²) in [6.45, 7) is 7.82. The first-order chi connectivity index (χ1) is 6.73. The van der Waals surface area contributed by atoms with Crippen LogP contribution in [0.5, 0.6) is 0 Å². The molecule has 5 nitrogen and oxygen atoms in total. The second kappa shape index (κ2) is 3.64. The Bertz CT molecular complexity index is 328. The molecule has 0 bridgehead atoms. The van der Waals surface area contributed by atoms with Gasteiger partial charge in [0, 0.05) is 0 Å². The number of carboxylic acids is 1. The average molecular weight is 212 g/mol. The Morgan fingerprint density at radius 3 is 2.40 bits per heavy atom. The molecule has 1 rings (SSSR count). The van der Waals surface area contributed by atoms with Crippen LogP contribution in [0.2, 0.25) is 0 Å². The molecule has 1 N–H and O–H groups in total. The van der Waals surface area contributed by atoms with E-state index in [4.69, 9.17) is 5.11 Å². The summed E-state index contributed by atoms with van der Waals surface area (Å²) in [7, 11) is 0. The molecular weight excluding hydrogens is 196 g/mol. The van der Waals surface area contributed by atoms with E-state index in [1.54, 1.807) is 0 Å². The van der Waals surface area contributed by atoms with Crippen molar-refractivity contribution in [2.45, 2.75) is 40.2 Å². The quantitative estimate of drug-likeness (QED) is 0.745. The maximum Gasteiger partial charge on any atom is 0.352 e. The van der Waals surface area contributed by atoms with Crippen LogP contribution < -0.4 is 0 Å². The van der Waals surface area contributed by atoms with E-state index in [1.165, 1.54) is 5.01 Å². The average Bonchev–Trinajstić information content (AvgIpc) is 2.44. The molecule has 15 heavy (non-hydrogen) atoms. The topological polar surface area (TPSA) is 70.0 Å². The lowest BCUT2D eigenvalue weighted by Gasteiger charge is -2.32. The normalized spacial score (nSPS) is 19.1. The minimum absolute atomic E-state index is 0.0731. The zero-order valence-corrected chi connectivity index (χ0v) is 9.44. The molecule has 1 aliphatic rings. The van der Waals surface area contributed by atoms with Gasteiger partial charge in [0.1, 0.15) is 0 Å². The van der Waals surface area contributed by atoms with Gasteiger partial charge in [0.25, 0.3) is 0 Å². The van der Waals surface area contributed by atoms with Crippen molar-refractivity contribution in [2.24, 2.45) is 10.5 Å². The molecule has 1 unspecified atom stereocenters. The number of hydrazone groups is 1. The third kappa shape index (κ3) is 2.34. The number of rotatable bonds is 2. The summed E-state index contributed by atoms with van der Waals surface area (Å²) in [6.07, 6.45) is -0.101. The van der Waals surface area contributed by atoms with Crippen LogP contribution in [0.1, 0.15) is 34.1 Å². The van der Waals surface area contributed by atoms with Crippen LogP contribution in [-0.2, 0) is 9.59 Å². The van der Waals surface area contributed by atoms with Crippen molar-refractivity contribution in [1.29, 1.82) is 0 Å². The van der Waals surface area contributed by atoms with Gasteiger partial charge in [-0.05, 0) is 12.3 Å². The molecule has 1 amide bonds. The van der Waals surface area contributed by atoms with Crippen molar-refractivity contribution in [1.82, 2.24) is 5.01 Å². The summed E-state index contributed by atoms with van der Waals surface area (Å²) in [5.74, 6) is -1.36. The lowest BCUT2D eigenvalue weighted by atomic mass is 9.87. The predicted octanol–water partition coefficient (Wildman–Crippen LogP) is 1.09. The van der Waals surface area contributed by atoms with Crippen LogP contribution in [0.4, 0.5) is 0 Å². The third-order valence-corrected chi connectivity index (χ3v) is 2.67. The number of hydrogen-bond donors (Lipinski definition) is 1. The molecule has 1 aliphatic heterocycles. The van der Waals surface area contributed by atoms with E-state index in [0.29, 0.717) is 0 Å². The van der Waals surface area contributed by atoms with Crippen molar-refractivity contribution in [3.05, 3.63) is 0 Å². The molecule has 0 radical (unpaired) electrons. The van der Waals surface area contributed by atoms with Crippen molar-refractivity contribution >= 4 is 17.6 Å². The largest absolute Gasteiger partial charge is 0.477 e. The van der Waals surface area contributed by atoms with Gasteiger partial charge in [-0.3, -0.25) is 4.79 Å². The zero-order valence-electron chi connectivity index (χ0n) is 9.44. The van der Waals surface area contributed by atoms with Crippen LogP contribution in [0.25, 0.3) is 0 Å². The van der Waals surface area contributed by atoms with Gasteiger partial charge < -0.3 is 5.11 Å². The van der Waals surface area contributed by atoms with E-state index in [9.17, 15) is 9.59 Å². The maximum atomic E-state index is 11.5. The first-order valence-electron chi connectivity index (χ1n) is 4.86. The SMILES string of the molecule is CC(N1N=C(C(=O)O)CC1=O)C(C)(C)C. The van der Waals surface area contributed by atoms with Gasteiger partial charge in [0.15, 0.2) is 5.71 Å². The Morgan fingerprint density at radius 1 is 1.53 bits per heavy atom. The molecule has 0 aromatic carbocycles. The standard InChI is InChI=1S/C10H16N2O3/c1-6(10(2,3)4)12-8(13)5-7(11-12)9(14)15/h6H,5H2,1-4H3,(H,14,15). The summed E-state index contributed by atoms with van der Waals surface area (Å²) < 4.78 is 0. The molecule has 0 spiro atoms. The molecule has 0 aromatic heterocycles. The number of carbonyl (C=O) groups excluding carboxylic acids is 1. The van der Waals surface area contributed by atoms with Crippen molar-refractivity contribution < 1.29 is 14.7 Å². The van der Waals surface area contributed by atoms with Gasteiger partial charge in [0.05, 0.1) is 12.5 Å². The van der Waals surface area contributed by atoms with Crippen molar-refractivity contribution in [3.63, 3.8) is 0 Å². The second-order valence-corrected chi connectivity index (χ2v) is 4.81. The van der Waals surface area contributed by atoms with Crippen LogP contribution in [-0.4, -0.2) is 33.7 Å². The predicted molar refractivity (Wildman–Crippen MR) is 55.5 cm³/mol. The summed E-state index contributed by atoms with van der Waals surface area (Å²) in [4.78, 5) is 22.2. The zero-order chi connectivity index (χ0) is 11.8. The summed E-state index contributed by atoms with van der Waals surface area (Å²) in [6, 6.07) is -0.109. The summed E-state index contributed by atoms with van der Waals surface area (Å²) >= 11 is 0. The van der Waals surface area contributed by atoms with Crippen molar-refractivity contribution in [3.8, 4) is 0 Å². The molecule has 0 fully saturated rings. The van der Waals surface area contributed by atoms with E-state index in [0.717, 1.165) is 0 Å². The number of carbonyl (C=O) groups is 2. The van der Waals surface area contributed by atoms with Crippen LogP contribution in [0.15, 0.2) is 5.10 Å². The molecule has 1 heterocycles. The fraction of sp³-hybridized carbons (Fsp3) is 0.700. The fourth-order valence-corrected chi connectivity index (χ4v) is 1.23. The lowest BCUT2D eigenvalue weighted by molar-refractivity contribution is -0.133. The molecule has 5 heteroatoms. The van der Waals surface area contributed by atoms with E-state index in [1.807, 2.05) is 27.7 Å². The molecular formula is C10H16N2O3. The van der Waals surface area contributed by atoms with Crippen molar-refractivity contribution in [2.75, 3.05) is 0 Å². The molecule has 1 atom stereocenters. The van der Waals surface area contributed by atoms with Gasteiger partial charge in [0.2, 0.25) is 5.91 Å². The van der Waals surface area contributed by atoms with E-state index < -0.39 is 5.97 Å². The van der Waals surface area contributed by atoms with E-state index >= 15 is 0 Å². The fourth-order valence-electron chi connectivity index (χ4n) is 1.23. The van der Waals surface area contributed by atoms with E-state index in [2.05, 4.69) is 5.10 Å². The highest BCUT2D eigenvalue weighted by Crippen LogP contribution is 2.27. The Morgan fingerprint density at radius 2 is 2.07 bits per heavy atom. The number of nitrogens with zero attached hydrogens (tertiary/aromatic N) is 2. The van der Waals surface area contributed by atoms with Gasteiger partial charge >= 0.3 is 5.97 Å². The molecule has 84 valence electrons. The van der Waals surface area contributed by atoms with Crippen LogP contribution in [0.3, 0.4) is 0 Å². The first kappa shape index (κ1) is 11.7. The molecule has 0 saturated heterocycles. The highest BCUT2D eigenvalue weighted by Gasteiger charge is 2.35. The third-order valence-electron chi connectivity index (χ3n) is 2.67. The monoisotopic (exact) mass is 212 g/mol. The van der Waals surface area contributed by atoms with Gasteiger partial charge in [-0.2, -0.15) is 5.10 Å². The molecule has 0 saturated carbocycles. The maximum absolute atomic E-state index is 11.5. The Labute approximate surface area is 88.8 Å². The Kier molecular flexibility index (Phi) is 2.83. The van der Waals surface area contributed by atoms with Crippen LogP contribution >= 0.6 is 0 Å². The minimum Gasteiger partial charge on any atom is -0.477 e. The smallest absolute Gasteiger partial charge is 0.352 e. The number of amides is 1. The van der Waals surface area contributed by atoms with Gasteiger partial charge in [-0.1, -0.05) is 20.8 Å². The molecule has 0 aromatic rings. The highest BCUT2D eigenvalue weighted by molar-refractivity contribution is 6.40. The first-order valence-corrected chi connectivity index (χ1v) is 4.86. The second-order valence-electron chi connectivity index (χ2n) is 4.81.